The molecular formula is C53H73N2O2P. The van der Waals surface area contributed by atoms with Crippen LogP contribution in [0.5, 0.6) is 0 Å². The topological polar surface area (TPSA) is 61.4 Å². The maximum atomic E-state index is 13.4. The van der Waals surface area contributed by atoms with Gasteiger partial charge in [0.05, 0.1) is 19.2 Å². The molecule has 0 heterocycles. The number of benzene rings is 4. The summed E-state index contributed by atoms with van der Waals surface area (Å²) in [4.78, 5) is 13.4. The number of aryl methyl sites for hydroxylation is 2. The summed E-state index contributed by atoms with van der Waals surface area (Å²) in [5, 5.41) is 21.1. The molecule has 1 spiro atoms. The minimum absolute atomic E-state index is 0.0119. The summed E-state index contributed by atoms with van der Waals surface area (Å²) in [5.74, 6) is -0.101. The Balaban J connectivity index is 1.60. The quantitative estimate of drug-likeness (QED) is 0.156. The molecular weight excluding hydrogens is 728 g/mol. The highest BCUT2D eigenvalue weighted by molar-refractivity contribution is 7.80. The zero-order valence-corrected chi connectivity index (χ0v) is 39.4. The number of hydrogen-bond donors (Lipinski definition) is 3. The largest absolute Gasteiger partial charge is 0.394 e. The number of amides is 1. The number of carbonyl (C=O) groups excluding carboxylic acids is 1. The SMILES string of the molecule is CC(C)(C)c1cc(P(c2cc(C(C)(C)C)cc(C(C)(C)C)c2)c2cccc3c2[C@]2(CCc4cccc(NCC(=O)N[C@@H](CO)C(C)(C)C)c42)CC3)cc(C(C)(C)C)c1. The Labute approximate surface area is 353 Å². The van der Waals surface area contributed by atoms with Crippen molar-refractivity contribution in [2.75, 3.05) is 18.5 Å². The number of anilines is 1. The lowest BCUT2D eigenvalue weighted by atomic mass is 9.76. The Kier molecular flexibility index (Phi) is 11.8. The van der Waals surface area contributed by atoms with Gasteiger partial charge in [0.25, 0.3) is 0 Å². The Hall–Kier alpha value is -3.46. The average Bonchev–Trinajstić information content (AvgIpc) is 3.69. The van der Waals surface area contributed by atoms with E-state index in [-0.39, 0.29) is 57.6 Å². The Morgan fingerprint density at radius 2 is 1.07 bits per heavy atom. The van der Waals surface area contributed by atoms with Crippen molar-refractivity contribution in [2.45, 2.75) is 163 Å². The van der Waals surface area contributed by atoms with Crippen LogP contribution in [0, 0.1) is 5.41 Å². The van der Waals surface area contributed by atoms with Crippen LogP contribution < -0.4 is 26.5 Å². The first-order valence-electron chi connectivity index (χ1n) is 21.8. The minimum Gasteiger partial charge on any atom is -0.394 e. The summed E-state index contributed by atoms with van der Waals surface area (Å²) in [5.41, 5.74) is 11.9. The van der Waals surface area contributed by atoms with Crippen molar-refractivity contribution in [1.82, 2.24) is 5.32 Å². The lowest BCUT2D eigenvalue weighted by molar-refractivity contribution is -0.121. The van der Waals surface area contributed by atoms with E-state index >= 15 is 0 Å². The number of hydrogen-bond acceptors (Lipinski definition) is 3. The van der Waals surface area contributed by atoms with Crippen molar-refractivity contribution < 1.29 is 9.90 Å². The zero-order valence-electron chi connectivity index (χ0n) is 38.6. The van der Waals surface area contributed by atoms with Gasteiger partial charge in [-0.15, -0.1) is 0 Å². The number of fused-ring (bicyclic) bond motifs is 4. The van der Waals surface area contributed by atoms with Gasteiger partial charge in [-0.05, 0) is 127 Å². The maximum Gasteiger partial charge on any atom is 0.239 e. The van der Waals surface area contributed by atoms with Crippen molar-refractivity contribution in [3.8, 4) is 0 Å². The molecule has 4 aromatic carbocycles. The molecule has 0 bridgehead atoms. The lowest BCUT2D eigenvalue weighted by Crippen LogP contribution is -2.48. The Bertz CT molecular complexity index is 2020. The van der Waals surface area contributed by atoms with Crippen molar-refractivity contribution in [1.29, 1.82) is 0 Å². The molecule has 5 heteroatoms. The molecule has 6 rings (SSSR count). The Morgan fingerprint density at radius 1 is 0.638 bits per heavy atom. The summed E-state index contributed by atoms with van der Waals surface area (Å²) < 4.78 is 0. The second-order valence-corrected chi connectivity index (χ2v) is 24.8. The normalized spacial score (nSPS) is 17.7. The first-order valence-corrected chi connectivity index (χ1v) is 23.1. The summed E-state index contributed by atoms with van der Waals surface area (Å²) in [6.45, 7) is 34.4. The molecule has 2 aliphatic carbocycles. The number of aliphatic hydroxyl groups is 1. The Morgan fingerprint density at radius 3 is 1.48 bits per heavy atom. The van der Waals surface area contributed by atoms with Crippen LogP contribution >= 0.6 is 7.92 Å². The highest BCUT2D eigenvalue weighted by atomic mass is 31.1. The van der Waals surface area contributed by atoms with E-state index in [9.17, 15) is 9.90 Å². The van der Waals surface area contributed by atoms with Crippen molar-refractivity contribution in [3.63, 3.8) is 0 Å². The number of carbonyl (C=O) groups is 1. The molecule has 58 heavy (non-hydrogen) atoms. The minimum atomic E-state index is -0.993. The van der Waals surface area contributed by atoms with E-state index in [4.69, 9.17) is 0 Å². The van der Waals surface area contributed by atoms with Gasteiger partial charge in [0, 0.05) is 11.1 Å². The van der Waals surface area contributed by atoms with Crippen molar-refractivity contribution >= 4 is 35.4 Å². The van der Waals surface area contributed by atoms with Crippen LogP contribution in [0.25, 0.3) is 0 Å². The third kappa shape index (κ3) is 8.86. The van der Waals surface area contributed by atoms with E-state index in [2.05, 4.69) is 167 Å². The van der Waals surface area contributed by atoms with Gasteiger partial charge in [0.2, 0.25) is 5.91 Å². The third-order valence-electron chi connectivity index (χ3n) is 12.9. The predicted octanol–water partition coefficient (Wildman–Crippen LogP) is 10.7. The summed E-state index contributed by atoms with van der Waals surface area (Å²) in [7, 11) is -0.993. The van der Waals surface area contributed by atoms with Crippen LogP contribution in [0.3, 0.4) is 0 Å². The molecule has 0 radical (unpaired) electrons. The van der Waals surface area contributed by atoms with E-state index in [1.807, 2.05) is 20.8 Å². The molecule has 4 aromatic rings. The van der Waals surface area contributed by atoms with Gasteiger partial charge in [-0.2, -0.15) is 0 Å². The molecule has 0 aliphatic heterocycles. The lowest BCUT2D eigenvalue weighted by Gasteiger charge is -2.35. The molecule has 312 valence electrons. The fraction of sp³-hybridized carbons (Fsp3) is 0.528. The van der Waals surface area contributed by atoms with Gasteiger partial charge >= 0.3 is 0 Å². The van der Waals surface area contributed by atoms with Crippen molar-refractivity contribution in [2.24, 2.45) is 5.41 Å². The highest BCUT2D eigenvalue weighted by Gasteiger charge is 2.48. The summed E-state index contributed by atoms with van der Waals surface area (Å²) in [6.07, 6.45) is 4.17. The van der Waals surface area contributed by atoms with E-state index in [1.54, 1.807) is 0 Å². The van der Waals surface area contributed by atoms with E-state index in [0.29, 0.717) is 0 Å². The summed E-state index contributed by atoms with van der Waals surface area (Å²) in [6, 6.07) is 28.6. The second-order valence-electron chi connectivity index (χ2n) is 22.6. The molecule has 3 N–H and O–H groups in total. The molecule has 2 aliphatic rings. The maximum absolute atomic E-state index is 13.4. The van der Waals surface area contributed by atoms with Gasteiger partial charge in [-0.3, -0.25) is 4.79 Å². The monoisotopic (exact) mass is 801 g/mol. The molecule has 4 nitrogen and oxygen atoms in total. The van der Waals surface area contributed by atoms with Crippen LogP contribution in [-0.4, -0.2) is 30.2 Å². The molecule has 0 saturated heterocycles. The first-order chi connectivity index (χ1) is 26.7. The number of nitrogens with one attached hydrogen (secondary N) is 2. The van der Waals surface area contributed by atoms with Crippen LogP contribution in [0.2, 0.25) is 0 Å². The summed E-state index contributed by atoms with van der Waals surface area (Å²) >= 11 is 0. The molecule has 1 amide bonds. The standard InChI is InChI=1S/C53H73N2O2P/c1-48(2,3)36-26-37(49(4,5)6)29-40(28-36)58(41-30-38(50(7,8)9)27-39(31-41)51(10,11)12)43-21-17-19-35-23-25-53(47(35)43)24-22-34-18-16-20-42(46(34)53)54-32-45(57)55-44(33-56)52(13,14)15/h16-21,26-31,44,54,56H,22-25,32-33H2,1-15H3,(H,55,57)/t44-,53+/m0/s1. The van der Waals surface area contributed by atoms with E-state index in [0.717, 1.165) is 31.4 Å². The van der Waals surface area contributed by atoms with Crippen molar-refractivity contribution in [3.05, 3.63) is 117 Å². The first kappa shape index (κ1) is 44.1. The zero-order chi connectivity index (χ0) is 42.8. The molecule has 2 atom stereocenters. The molecule has 0 fully saturated rings. The molecule has 0 saturated carbocycles. The average molecular weight is 801 g/mol. The number of aliphatic hydroxyl groups excluding tert-OH is 1. The van der Waals surface area contributed by atoms with E-state index in [1.165, 1.54) is 60.4 Å². The fourth-order valence-electron chi connectivity index (χ4n) is 9.10. The van der Waals surface area contributed by atoms with Crippen LogP contribution in [0.15, 0.2) is 72.8 Å². The number of rotatable bonds is 8. The predicted molar refractivity (Wildman–Crippen MR) is 251 cm³/mol. The molecule has 0 aromatic heterocycles. The highest BCUT2D eigenvalue weighted by Crippen LogP contribution is 2.56. The van der Waals surface area contributed by atoms with Crippen LogP contribution in [0.4, 0.5) is 5.69 Å². The van der Waals surface area contributed by atoms with Gasteiger partial charge in [0.15, 0.2) is 0 Å². The van der Waals surface area contributed by atoms with Gasteiger partial charge < -0.3 is 15.7 Å². The smallest absolute Gasteiger partial charge is 0.239 e. The van der Waals surface area contributed by atoms with Gasteiger partial charge in [-0.25, -0.2) is 0 Å². The second kappa shape index (κ2) is 15.5. The third-order valence-corrected chi connectivity index (χ3v) is 15.3. The van der Waals surface area contributed by atoms with Crippen LogP contribution in [0.1, 0.15) is 161 Å². The van der Waals surface area contributed by atoms with Crippen LogP contribution in [-0.2, 0) is 44.7 Å². The fourth-order valence-corrected chi connectivity index (χ4v) is 11.8. The van der Waals surface area contributed by atoms with Gasteiger partial charge in [-0.1, -0.05) is 171 Å². The van der Waals surface area contributed by atoms with E-state index < -0.39 is 7.92 Å². The molecule has 0 unspecified atom stereocenters. The van der Waals surface area contributed by atoms with Gasteiger partial charge in [0.1, 0.15) is 0 Å².